The summed E-state index contributed by atoms with van der Waals surface area (Å²) < 4.78 is 5.68. The number of anilines is 1. The molecule has 0 radical (unpaired) electrons. The lowest BCUT2D eigenvalue weighted by molar-refractivity contribution is -0.384. The topological polar surface area (TPSA) is 88.0 Å². The Balaban J connectivity index is 1.94. The molecule has 1 N–H and O–H groups in total. The van der Waals surface area contributed by atoms with Crippen LogP contribution in [0.1, 0.15) is 24.2 Å². The molecule has 1 amide bonds. The molecule has 0 aliphatic carbocycles. The first-order valence-corrected chi connectivity index (χ1v) is 8.39. The summed E-state index contributed by atoms with van der Waals surface area (Å²) in [6.45, 7) is 6.95. The Morgan fingerprint density at radius 1 is 1.36 bits per heavy atom. The fourth-order valence-electron chi connectivity index (χ4n) is 3.09. The van der Waals surface area contributed by atoms with Crippen molar-refractivity contribution in [3.05, 3.63) is 33.9 Å². The first-order chi connectivity index (χ1) is 11.8. The average Bonchev–Trinajstić information content (AvgIpc) is 2.53. The molecule has 0 aromatic heterocycles. The fraction of sp³-hybridized carbons (Fsp3) is 0.588. The van der Waals surface area contributed by atoms with Gasteiger partial charge in [-0.25, -0.2) is 0 Å². The van der Waals surface area contributed by atoms with E-state index in [1.54, 1.807) is 31.1 Å². The van der Waals surface area contributed by atoms with Crippen molar-refractivity contribution >= 4 is 17.3 Å². The summed E-state index contributed by atoms with van der Waals surface area (Å²) >= 11 is 0. The summed E-state index contributed by atoms with van der Waals surface area (Å²) in [5.41, 5.74) is 0.687. The minimum Gasteiger partial charge on any atom is -0.373 e. The van der Waals surface area contributed by atoms with E-state index in [0.717, 1.165) is 19.6 Å². The van der Waals surface area contributed by atoms with E-state index >= 15 is 0 Å². The van der Waals surface area contributed by atoms with Crippen LogP contribution in [-0.4, -0.2) is 68.2 Å². The maximum atomic E-state index is 12.3. The number of ether oxygens (including phenoxy) is 1. The summed E-state index contributed by atoms with van der Waals surface area (Å²) in [5.74, 6) is -0.303. The Hall–Kier alpha value is -2.19. The van der Waals surface area contributed by atoms with Gasteiger partial charge in [-0.3, -0.25) is 19.8 Å². The number of nitrogens with one attached hydrogen (secondary N) is 1. The van der Waals surface area contributed by atoms with Crippen molar-refractivity contribution in [3.8, 4) is 0 Å². The molecular formula is C17H26N4O4. The largest absolute Gasteiger partial charge is 0.373 e. The van der Waals surface area contributed by atoms with E-state index in [1.165, 1.54) is 6.07 Å². The number of hydrogen-bond donors (Lipinski definition) is 1. The highest BCUT2D eigenvalue weighted by Crippen LogP contribution is 2.27. The maximum absolute atomic E-state index is 12.3. The molecule has 1 aliphatic rings. The molecule has 1 saturated heterocycles. The number of carbonyl (C=O) groups excluding carboxylic acids is 1. The Labute approximate surface area is 147 Å². The molecule has 1 aliphatic heterocycles. The van der Waals surface area contributed by atoms with Gasteiger partial charge in [-0.15, -0.1) is 0 Å². The molecule has 2 unspecified atom stereocenters. The van der Waals surface area contributed by atoms with Gasteiger partial charge >= 0.3 is 0 Å². The molecule has 1 heterocycles. The molecule has 2 rings (SSSR count). The van der Waals surface area contributed by atoms with Gasteiger partial charge in [0, 0.05) is 51.9 Å². The highest BCUT2D eigenvalue weighted by Gasteiger charge is 2.22. The van der Waals surface area contributed by atoms with Crippen LogP contribution in [0.4, 0.5) is 11.4 Å². The highest BCUT2D eigenvalue weighted by atomic mass is 16.6. The highest BCUT2D eigenvalue weighted by molar-refractivity contribution is 5.95. The second-order valence-electron chi connectivity index (χ2n) is 6.63. The third kappa shape index (κ3) is 5.14. The van der Waals surface area contributed by atoms with Crippen molar-refractivity contribution in [1.82, 2.24) is 10.2 Å². The van der Waals surface area contributed by atoms with Gasteiger partial charge in [-0.2, -0.15) is 0 Å². The number of morpholine rings is 1. The molecule has 8 nitrogen and oxygen atoms in total. The van der Waals surface area contributed by atoms with Gasteiger partial charge in [0.1, 0.15) is 5.69 Å². The van der Waals surface area contributed by atoms with Crippen LogP contribution >= 0.6 is 0 Å². The molecule has 0 spiro atoms. The zero-order valence-electron chi connectivity index (χ0n) is 15.2. The van der Waals surface area contributed by atoms with Gasteiger partial charge in [-0.05, 0) is 26.0 Å². The number of rotatable bonds is 6. The molecule has 1 fully saturated rings. The van der Waals surface area contributed by atoms with Crippen LogP contribution < -0.4 is 10.2 Å². The van der Waals surface area contributed by atoms with Crippen LogP contribution in [0.5, 0.6) is 0 Å². The van der Waals surface area contributed by atoms with Gasteiger partial charge in [0.25, 0.3) is 11.6 Å². The predicted octanol–water partition coefficient (Wildman–Crippen LogP) is 1.50. The van der Waals surface area contributed by atoms with Gasteiger partial charge in [-0.1, -0.05) is 0 Å². The smallest absolute Gasteiger partial charge is 0.293 e. The molecule has 0 bridgehead atoms. The van der Waals surface area contributed by atoms with E-state index in [1.807, 2.05) is 13.8 Å². The van der Waals surface area contributed by atoms with Gasteiger partial charge < -0.3 is 15.0 Å². The lowest BCUT2D eigenvalue weighted by Gasteiger charge is -2.35. The van der Waals surface area contributed by atoms with Crippen LogP contribution in [0.2, 0.25) is 0 Å². The van der Waals surface area contributed by atoms with Crippen LogP contribution in [0, 0.1) is 10.1 Å². The van der Waals surface area contributed by atoms with E-state index in [4.69, 9.17) is 4.74 Å². The zero-order chi connectivity index (χ0) is 18.6. The van der Waals surface area contributed by atoms with E-state index < -0.39 is 4.92 Å². The molecule has 1 aromatic rings. The van der Waals surface area contributed by atoms with Crippen LogP contribution in [-0.2, 0) is 4.74 Å². The van der Waals surface area contributed by atoms with E-state index in [-0.39, 0.29) is 23.8 Å². The van der Waals surface area contributed by atoms with E-state index in [0.29, 0.717) is 17.8 Å². The fourth-order valence-corrected chi connectivity index (χ4v) is 3.09. The number of amides is 1. The molecule has 0 saturated carbocycles. The summed E-state index contributed by atoms with van der Waals surface area (Å²) in [6, 6.07) is 4.53. The Bertz CT molecular complexity index is 625. The number of nitro benzene ring substituents is 1. The van der Waals surface area contributed by atoms with Gasteiger partial charge in [0.15, 0.2) is 0 Å². The molecule has 25 heavy (non-hydrogen) atoms. The maximum Gasteiger partial charge on any atom is 0.293 e. The lowest BCUT2D eigenvalue weighted by atomic mass is 10.1. The quantitative estimate of drug-likeness (QED) is 0.618. The average molecular weight is 350 g/mol. The number of nitro groups is 1. The van der Waals surface area contributed by atoms with Crippen LogP contribution in [0.25, 0.3) is 0 Å². The van der Waals surface area contributed by atoms with Crippen molar-refractivity contribution < 1.29 is 14.5 Å². The number of hydrogen-bond acceptors (Lipinski definition) is 6. The number of benzene rings is 1. The first-order valence-electron chi connectivity index (χ1n) is 8.39. The normalized spacial score (nSPS) is 21.0. The van der Waals surface area contributed by atoms with Crippen LogP contribution in [0.3, 0.4) is 0 Å². The van der Waals surface area contributed by atoms with E-state index in [9.17, 15) is 14.9 Å². The second kappa shape index (κ2) is 8.26. The lowest BCUT2D eigenvalue weighted by Crippen LogP contribution is -2.47. The van der Waals surface area contributed by atoms with Crippen LogP contribution in [0.15, 0.2) is 18.2 Å². The van der Waals surface area contributed by atoms with Crippen molar-refractivity contribution in [1.29, 1.82) is 0 Å². The van der Waals surface area contributed by atoms with Crippen molar-refractivity contribution in [2.24, 2.45) is 0 Å². The molecular weight excluding hydrogens is 324 g/mol. The number of carbonyl (C=O) groups is 1. The third-order valence-electron chi connectivity index (χ3n) is 4.12. The molecule has 2 atom stereocenters. The third-order valence-corrected chi connectivity index (χ3v) is 4.12. The van der Waals surface area contributed by atoms with Crippen molar-refractivity contribution in [3.63, 3.8) is 0 Å². The molecule has 138 valence electrons. The minimum atomic E-state index is -0.470. The minimum absolute atomic E-state index is 0.0755. The van der Waals surface area contributed by atoms with Crippen molar-refractivity contribution in [2.75, 3.05) is 45.2 Å². The zero-order valence-corrected chi connectivity index (χ0v) is 15.2. The molecule has 8 heteroatoms. The predicted molar refractivity (Wildman–Crippen MR) is 96.2 cm³/mol. The second-order valence-corrected chi connectivity index (χ2v) is 6.63. The Kier molecular flexibility index (Phi) is 6.33. The Morgan fingerprint density at radius 2 is 2.00 bits per heavy atom. The SMILES string of the molecule is CC1CN(CCNC(=O)c2ccc(N(C)C)c([N+](=O)[O-])c2)CC(C)O1. The van der Waals surface area contributed by atoms with E-state index in [2.05, 4.69) is 10.2 Å². The van der Waals surface area contributed by atoms with Gasteiger partial charge in [0.05, 0.1) is 17.1 Å². The summed E-state index contributed by atoms with van der Waals surface area (Å²) in [7, 11) is 3.46. The summed E-state index contributed by atoms with van der Waals surface area (Å²) in [5, 5.41) is 14.0. The molecule has 1 aromatic carbocycles. The summed E-state index contributed by atoms with van der Waals surface area (Å²) in [6.07, 6.45) is 0.362. The first kappa shape index (κ1) is 19.1. The summed E-state index contributed by atoms with van der Waals surface area (Å²) in [4.78, 5) is 26.9. The standard InChI is InChI=1S/C17H26N4O4/c1-12-10-20(11-13(2)25-12)8-7-18-17(22)14-5-6-15(19(3)4)16(9-14)21(23)24/h5-6,9,12-13H,7-8,10-11H2,1-4H3,(H,18,22). The number of nitrogens with zero attached hydrogens (tertiary/aromatic N) is 3. The van der Waals surface area contributed by atoms with Crippen molar-refractivity contribution in [2.45, 2.75) is 26.1 Å². The Morgan fingerprint density at radius 3 is 2.56 bits per heavy atom. The monoisotopic (exact) mass is 350 g/mol. The van der Waals surface area contributed by atoms with Gasteiger partial charge in [0.2, 0.25) is 0 Å².